The maximum Gasteiger partial charge on any atom is 0.288 e. The van der Waals surface area contributed by atoms with Gasteiger partial charge in [0, 0.05) is 17.7 Å². The van der Waals surface area contributed by atoms with Crippen molar-refractivity contribution in [3.63, 3.8) is 0 Å². The number of ketones is 1. The molecule has 2 rings (SSSR count). The summed E-state index contributed by atoms with van der Waals surface area (Å²) in [7, 11) is 0. The van der Waals surface area contributed by atoms with Gasteiger partial charge in [0.1, 0.15) is 5.82 Å². The number of rotatable bonds is 3. The number of thioether (sulfide) groups is 1. The highest BCUT2D eigenvalue weighted by molar-refractivity contribution is 8.13. The lowest BCUT2D eigenvalue weighted by atomic mass is 10.1. The number of hydrogen-bond acceptors (Lipinski definition) is 4. The first-order chi connectivity index (χ1) is 8.58. The summed E-state index contributed by atoms with van der Waals surface area (Å²) >= 11 is 1.02. The third-order valence-electron chi connectivity index (χ3n) is 2.53. The van der Waals surface area contributed by atoms with Gasteiger partial charge in [0.2, 0.25) is 5.91 Å². The predicted octanol–water partition coefficient (Wildman–Crippen LogP) is 2.09. The van der Waals surface area contributed by atoms with E-state index in [0.29, 0.717) is 5.75 Å². The Balaban J connectivity index is 2.08. The highest BCUT2D eigenvalue weighted by atomic mass is 32.2. The molecule has 1 heterocycles. The van der Waals surface area contributed by atoms with E-state index in [4.69, 9.17) is 0 Å². The van der Waals surface area contributed by atoms with Crippen LogP contribution in [0.15, 0.2) is 24.3 Å². The molecule has 0 unspecified atom stereocenters. The van der Waals surface area contributed by atoms with E-state index in [1.54, 1.807) is 0 Å². The van der Waals surface area contributed by atoms with Gasteiger partial charge in [-0.3, -0.25) is 19.3 Å². The Morgan fingerprint density at radius 1 is 1.28 bits per heavy atom. The summed E-state index contributed by atoms with van der Waals surface area (Å²) in [6, 6.07) is 5.01. The Hall–Kier alpha value is -1.69. The van der Waals surface area contributed by atoms with Gasteiger partial charge in [-0.05, 0) is 24.3 Å². The number of benzene rings is 1. The number of imide groups is 1. The van der Waals surface area contributed by atoms with Crippen LogP contribution in [-0.2, 0) is 4.79 Å². The van der Waals surface area contributed by atoms with E-state index < -0.39 is 11.1 Å². The fraction of sp³-hybridized carbons (Fsp3) is 0.250. The molecule has 0 saturated carbocycles. The molecule has 94 valence electrons. The van der Waals surface area contributed by atoms with Gasteiger partial charge in [0.15, 0.2) is 5.78 Å². The quantitative estimate of drug-likeness (QED) is 0.787. The molecule has 0 radical (unpaired) electrons. The van der Waals surface area contributed by atoms with Crippen molar-refractivity contribution in [2.75, 3.05) is 12.3 Å². The highest BCUT2D eigenvalue weighted by Crippen LogP contribution is 2.18. The van der Waals surface area contributed by atoms with Gasteiger partial charge in [0.25, 0.3) is 5.24 Å². The second-order valence-corrected chi connectivity index (χ2v) is 4.82. The van der Waals surface area contributed by atoms with Gasteiger partial charge < -0.3 is 0 Å². The number of hydrogen-bond donors (Lipinski definition) is 0. The van der Waals surface area contributed by atoms with Crippen LogP contribution in [0, 0.1) is 5.82 Å². The molecule has 0 bridgehead atoms. The van der Waals surface area contributed by atoms with Crippen LogP contribution in [0.25, 0.3) is 0 Å². The summed E-state index contributed by atoms with van der Waals surface area (Å²) in [6.45, 7) is -0.281. The molecule has 1 fully saturated rings. The van der Waals surface area contributed by atoms with E-state index >= 15 is 0 Å². The van der Waals surface area contributed by atoms with Crippen molar-refractivity contribution >= 4 is 28.7 Å². The van der Waals surface area contributed by atoms with E-state index in [1.165, 1.54) is 24.3 Å². The lowest BCUT2D eigenvalue weighted by Gasteiger charge is -2.23. The van der Waals surface area contributed by atoms with Gasteiger partial charge in [-0.1, -0.05) is 11.8 Å². The number of Topliss-reactive ketones (excluding diaryl/α,β-unsaturated/α-hetero) is 1. The number of amides is 2. The number of carbonyl (C=O) groups excluding carboxylic acids is 3. The third-order valence-corrected chi connectivity index (χ3v) is 3.41. The normalized spacial score (nSPS) is 15.9. The maximum absolute atomic E-state index is 12.7. The van der Waals surface area contributed by atoms with Crippen LogP contribution < -0.4 is 0 Å². The van der Waals surface area contributed by atoms with E-state index in [1.807, 2.05) is 0 Å². The van der Waals surface area contributed by atoms with Gasteiger partial charge in [-0.25, -0.2) is 4.39 Å². The van der Waals surface area contributed by atoms with Crippen LogP contribution >= 0.6 is 11.8 Å². The van der Waals surface area contributed by atoms with Crippen molar-refractivity contribution in [1.29, 1.82) is 0 Å². The highest BCUT2D eigenvalue weighted by Gasteiger charge is 2.28. The van der Waals surface area contributed by atoms with E-state index in [2.05, 4.69) is 0 Å². The van der Waals surface area contributed by atoms with Crippen molar-refractivity contribution in [3.8, 4) is 0 Å². The van der Waals surface area contributed by atoms with Crippen molar-refractivity contribution < 1.29 is 18.8 Å². The Labute approximate surface area is 107 Å². The average molecular weight is 267 g/mol. The minimum atomic E-state index is -0.438. The lowest BCUT2D eigenvalue weighted by Crippen LogP contribution is -2.41. The fourth-order valence-electron chi connectivity index (χ4n) is 1.56. The zero-order valence-corrected chi connectivity index (χ0v) is 10.2. The first-order valence-electron chi connectivity index (χ1n) is 5.34. The molecule has 0 N–H and O–H groups in total. The van der Waals surface area contributed by atoms with Crippen molar-refractivity contribution in [3.05, 3.63) is 35.6 Å². The van der Waals surface area contributed by atoms with Crippen LogP contribution in [0.3, 0.4) is 0 Å². The summed E-state index contributed by atoms with van der Waals surface area (Å²) in [5, 5.41) is -0.401. The zero-order chi connectivity index (χ0) is 13.1. The maximum atomic E-state index is 12.7. The molecule has 0 atom stereocenters. The smallest absolute Gasteiger partial charge is 0.288 e. The molecule has 1 aliphatic heterocycles. The summed E-state index contributed by atoms with van der Waals surface area (Å²) in [5.41, 5.74) is 0.285. The summed E-state index contributed by atoms with van der Waals surface area (Å²) in [5.74, 6) is -0.695. The second-order valence-electron chi connectivity index (χ2n) is 3.77. The SMILES string of the molecule is O=C(CN1C(=O)CCSC1=O)c1ccc(F)cc1. The molecule has 4 nitrogen and oxygen atoms in total. The Morgan fingerprint density at radius 3 is 2.56 bits per heavy atom. The molecule has 2 amide bonds. The number of carbonyl (C=O) groups is 3. The van der Waals surface area contributed by atoms with Crippen LogP contribution in [0.4, 0.5) is 9.18 Å². The molecule has 0 spiro atoms. The Morgan fingerprint density at radius 2 is 1.94 bits per heavy atom. The topological polar surface area (TPSA) is 54.5 Å². The third kappa shape index (κ3) is 2.76. The van der Waals surface area contributed by atoms with E-state index in [9.17, 15) is 18.8 Å². The molecule has 18 heavy (non-hydrogen) atoms. The largest absolute Gasteiger partial charge is 0.292 e. The van der Waals surface area contributed by atoms with Gasteiger partial charge in [-0.2, -0.15) is 0 Å². The lowest BCUT2D eigenvalue weighted by molar-refractivity contribution is -0.127. The minimum absolute atomic E-state index is 0.257. The molecular weight excluding hydrogens is 257 g/mol. The van der Waals surface area contributed by atoms with Gasteiger partial charge in [-0.15, -0.1) is 0 Å². The standard InChI is InChI=1S/C12H10FNO3S/c13-9-3-1-8(2-4-9)10(15)7-14-11(16)5-6-18-12(14)17/h1-4H,5-7H2. The molecule has 0 aromatic heterocycles. The minimum Gasteiger partial charge on any atom is -0.292 e. The van der Waals surface area contributed by atoms with Gasteiger partial charge in [0.05, 0.1) is 6.54 Å². The first kappa shape index (κ1) is 12.8. The van der Waals surface area contributed by atoms with Crippen LogP contribution in [0.1, 0.15) is 16.8 Å². The van der Waals surface area contributed by atoms with E-state index in [-0.39, 0.29) is 30.2 Å². The van der Waals surface area contributed by atoms with Crippen molar-refractivity contribution in [2.45, 2.75) is 6.42 Å². The second kappa shape index (κ2) is 5.30. The Kier molecular flexibility index (Phi) is 3.76. The summed E-state index contributed by atoms with van der Waals surface area (Å²) in [4.78, 5) is 35.8. The van der Waals surface area contributed by atoms with Crippen LogP contribution in [-0.4, -0.2) is 34.1 Å². The Bertz CT molecular complexity index is 485. The number of halogens is 1. The molecule has 1 aromatic rings. The van der Waals surface area contributed by atoms with Crippen molar-refractivity contribution in [2.24, 2.45) is 0 Å². The molecule has 1 saturated heterocycles. The zero-order valence-electron chi connectivity index (χ0n) is 9.39. The predicted molar refractivity (Wildman–Crippen MR) is 64.9 cm³/mol. The molecule has 1 aromatic carbocycles. The average Bonchev–Trinajstić information content (AvgIpc) is 2.34. The summed E-state index contributed by atoms with van der Waals surface area (Å²) in [6.07, 6.45) is 0.257. The molecule has 6 heteroatoms. The molecular formula is C12H10FNO3S. The first-order valence-corrected chi connectivity index (χ1v) is 6.32. The number of nitrogens with zero attached hydrogens (tertiary/aromatic N) is 1. The van der Waals surface area contributed by atoms with Crippen LogP contribution in [0.2, 0.25) is 0 Å². The van der Waals surface area contributed by atoms with E-state index in [0.717, 1.165) is 16.7 Å². The summed E-state index contributed by atoms with van der Waals surface area (Å²) < 4.78 is 12.7. The molecule has 1 aliphatic rings. The van der Waals surface area contributed by atoms with Crippen LogP contribution in [0.5, 0.6) is 0 Å². The van der Waals surface area contributed by atoms with Crippen molar-refractivity contribution in [1.82, 2.24) is 4.90 Å². The van der Waals surface area contributed by atoms with Gasteiger partial charge >= 0.3 is 0 Å². The fourth-order valence-corrected chi connectivity index (χ4v) is 2.34. The monoisotopic (exact) mass is 267 g/mol. The molecule has 0 aliphatic carbocycles.